The van der Waals surface area contributed by atoms with Crippen molar-refractivity contribution in [3.63, 3.8) is 0 Å². The molecule has 0 bridgehead atoms. The van der Waals surface area contributed by atoms with Crippen molar-refractivity contribution in [2.24, 2.45) is 0 Å². The molecule has 0 aliphatic heterocycles. The zero-order chi connectivity index (χ0) is 104. The first-order valence-electron chi connectivity index (χ1n) is 59.0. The molecule has 0 aliphatic carbocycles. The molecular weight excluding hydrogens is 1810 g/mol. The number of aryl methyl sites for hydroxylation is 4. The standard InChI is InChI=1S/C63H93NO4Si2.C53H92O4.C17H21N/c1-9-11-12-13-14-18-21-36-47-61(68-70(63(6,7)8,58-43-32-26-33-44-58)59-45-34-27-35-46-59)67-55-49-48-54(53-64-10-2)60(52-55)65-50-37-22-19-16-15-17-20-23-38-51-66-69(62(3,4)5,56-39-28-24-29-40-56)57-41-30-25-31-42-57;1-6-9-11-13-15-17-19-21-23-25-27-29-31-33-35-37-41-55-52-44-48(46-57-51-45-50(54-5)40-39-49(51)8-3)43-47(4)53(52)56-42-38-36-34-32-30-28-26-24-22-20-18-16-14-12-10-7-2;1-4-18-17(15-9-5-13(2)6-10-15)16-11-7-14(3)8-12-16/h24-35,39-46,48-49,52,61,64H,9-23,36-38,47,50-51,53H2,1-8H3;39-40,43-45H,6-38,41-42,46H2,1-5H3;5-12,17-18H,4H2,1-3H3. The number of rotatable bonds is 79. The van der Waals surface area contributed by atoms with Crippen LogP contribution in [-0.4, -0.2) is 69.6 Å². The van der Waals surface area contributed by atoms with Crippen molar-refractivity contribution in [1.29, 1.82) is 0 Å². The lowest BCUT2D eigenvalue weighted by atomic mass is 9.97. The second-order valence-corrected chi connectivity index (χ2v) is 52.2. The fourth-order valence-corrected chi connectivity index (χ4v) is 29.8. The highest BCUT2D eigenvalue weighted by molar-refractivity contribution is 7.00. The van der Waals surface area contributed by atoms with Crippen LogP contribution in [0.5, 0.6) is 34.5 Å². The molecule has 2 N–H and O–H groups in total. The van der Waals surface area contributed by atoms with Crippen LogP contribution in [0.4, 0.5) is 0 Å². The van der Waals surface area contributed by atoms with Crippen LogP contribution in [-0.2, 0) is 28.4 Å². The molecule has 0 aliphatic rings. The Hall–Kier alpha value is -7.95. The molecule has 0 amide bonds. The Balaban J connectivity index is 0.000000339. The SMILES string of the molecule is CCCCCCCCCCC(Oc1ccc(CNCC)c(OCCCCCCCCCCCO[Si](c2ccccc2)(c2ccccc2)C(C)(C)C)c1)O[Si](c1ccccc1)(c1ccccc1)C(C)(C)C.CCCCCCCCCCCCCCCCCCOc1cc(COc2cc(OC)ccc2CC)cc(C)c1OCCCCCCCCCCCCCCCCCC.CCNC(c1ccc(C)cc1)c1ccc(C)cc1. The molecule has 10 nitrogen and oxygen atoms in total. The van der Waals surface area contributed by atoms with Gasteiger partial charge in [-0.1, -0.05) is 559 Å². The van der Waals surface area contributed by atoms with Crippen LogP contribution in [0.2, 0.25) is 10.1 Å². The molecule has 0 saturated carbocycles. The summed E-state index contributed by atoms with van der Waals surface area (Å²) in [5.74, 6) is 5.20. The van der Waals surface area contributed by atoms with Crippen LogP contribution in [0.15, 0.2) is 218 Å². The smallest absolute Gasteiger partial charge is 0.265 e. The van der Waals surface area contributed by atoms with Crippen molar-refractivity contribution in [3.8, 4) is 34.5 Å². The van der Waals surface area contributed by atoms with Gasteiger partial charge in [-0.3, -0.25) is 0 Å². The van der Waals surface area contributed by atoms with Crippen LogP contribution >= 0.6 is 0 Å². The summed E-state index contributed by atoms with van der Waals surface area (Å²) >= 11 is 0. The van der Waals surface area contributed by atoms with E-state index in [4.69, 9.17) is 37.3 Å². The minimum atomic E-state index is -2.85. The van der Waals surface area contributed by atoms with Crippen molar-refractivity contribution >= 4 is 37.4 Å². The third-order valence-corrected chi connectivity index (χ3v) is 39.3. The van der Waals surface area contributed by atoms with Crippen molar-refractivity contribution < 1.29 is 37.3 Å². The first kappa shape index (κ1) is 124. The highest BCUT2D eigenvalue weighted by Crippen LogP contribution is 2.42. The number of hydrogen-bond acceptors (Lipinski definition) is 10. The number of methoxy groups -OCH3 is 1. The van der Waals surface area contributed by atoms with E-state index in [-0.39, 0.29) is 16.1 Å². The highest BCUT2D eigenvalue weighted by Gasteiger charge is 2.53. The Bertz CT molecular complexity index is 4530. The van der Waals surface area contributed by atoms with Gasteiger partial charge in [0.1, 0.15) is 29.6 Å². The third kappa shape index (κ3) is 47.8. The average molecular weight is 2020 g/mol. The minimum Gasteiger partial charge on any atom is -0.497 e. The Kier molecular flexibility index (Phi) is 64.7. The van der Waals surface area contributed by atoms with E-state index in [1.54, 1.807) is 7.11 Å². The summed E-state index contributed by atoms with van der Waals surface area (Å²) in [4.78, 5) is 0. The first-order chi connectivity index (χ1) is 70.8. The van der Waals surface area contributed by atoms with Gasteiger partial charge in [-0.15, -0.1) is 0 Å². The van der Waals surface area contributed by atoms with Crippen molar-refractivity contribution in [1.82, 2.24) is 10.6 Å². The molecule has 0 fully saturated rings. The predicted molar refractivity (Wildman–Crippen MR) is 631 cm³/mol. The van der Waals surface area contributed by atoms with Crippen LogP contribution in [0, 0.1) is 20.8 Å². The molecule has 9 aromatic rings. The predicted octanol–water partition coefficient (Wildman–Crippen LogP) is 36.5. The summed E-state index contributed by atoms with van der Waals surface area (Å²) in [6, 6.07) is 78.7. The average Bonchev–Trinajstić information content (AvgIpc) is 0.745. The van der Waals surface area contributed by atoms with Crippen LogP contribution in [0.3, 0.4) is 0 Å². The summed E-state index contributed by atoms with van der Waals surface area (Å²) in [6.45, 7) is 40.0. The molecule has 0 spiro atoms. The molecular formula is C133H206N2O8Si2. The summed E-state index contributed by atoms with van der Waals surface area (Å²) in [5.41, 5.74) is 9.84. The Morgan fingerprint density at radius 1 is 0.303 bits per heavy atom. The monoisotopic (exact) mass is 2020 g/mol. The number of unbranched alkanes of at least 4 members (excludes halogenated alkanes) is 45. The van der Waals surface area contributed by atoms with E-state index in [2.05, 4.69) is 321 Å². The summed E-state index contributed by atoms with van der Waals surface area (Å²) < 4.78 is 53.3. The lowest BCUT2D eigenvalue weighted by molar-refractivity contribution is -0.0107. The van der Waals surface area contributed by atoms with Gasteiger partial charge < -0.3 is 47.9 Å². The molecule has 12 heteroatoms. The van der Waals surface area contributed by atoms with Gasteiger partial charge in [0.25, 0.3) is 16.6 Å². The number of benzene rings is 9. The van der Waals surface area contributed by atoms with Gasteiger partial charge in [-0.05, 0) is 155 Å². The number of ether oxygens (including phenoxy) is 6. The lowest BCUT2D eigenvalue weighted by Crippen LogP contribution is -2.68. The van der Waals surface area contributed by atoms with Gasteiger partial charge in [-0.25, -0.2) is 0 Å². The van der Waals surface area contributed by atoms with E-state index in [9.17, 15) is 0 Å². The number of nitrogens with one attached hydrogen (secondary N) is 2. The molecule has 1 unspecified atom stereocenters. The van der Waals surface area contributed by atoms with Crippen molar-refractivity contribution in [3.05, 3.63) is 263 Å². The topological polar surface area (TPSA) is 97.9 Å². The van der Waals surface area contributed by atoms with Crippen LogP contribution in [0.1, 0.15) is 455 Å². The fourth-order valence-electron chi connectivity index (χ4n) is 20.6. The van der Waals surface area contributed by atoms with Gasteiger partial charge in [0.05, 0.1) is 33.0 Å². The Labute approximate surface area is 890 Å². The van der Waals surface area contributed by atoms with E-state index < -0.39 is 22.9 Å². The molecule has 0 saturated heterocycles. The zero-order valence-corrected chi connectivity index (χ0v) is 96.9. The molecule has 9 rings (SSSR count). The third-order valence-electron chi connectivity index (χ3n) is 29.3. The van der Waals surface area contributed by atoms with Gasteiger partial charge in [-0.2, -0.15) is 0 Å². The van der Waals surface area contributed by atoms with E-state index in [0.29, 0.717) is 13.2 Å². The second-order valence-electron chi connectivity index (χ2n) is 43.7. The maximum Gasteiger partial charge on any atom is 0.265 e. The summed E-state index contributed by atoms with van der Waals surface area (Å²) in [7, 11) is -3.61. The molecule has 0 radical (unpaired) electrons. The molecule has 804 valence electrons. The van der Waals surface area contributed by atoms with Gasteiger partial charge in [0, 0.05) is 37.3 Å². The maximum atomic E-state index is 7.66. The van der Waals surface area contributed by atoms with Gasteiger partial charge >= 0.3 is 0 Å². The van der Waals surface area contributed by atoms with Gasteiger partial charge in [0.2, 0.25) is 0 Å². The summed E-state index contributed by atoms with van der Waals surface area (Å²) in [6.07, 6.45) is 66.4. The Morgan fingerprint density at radius 3 is 1.01 bits per heavy atom. The molecule has 0 aromatic heterocycles. The largest absolute Gasteiger partial charge is 0.497 e. The first-order valence-corrected chi connectivity index (χ1v) is 62.8. The Morgan fingerprint density at radius 2 is 0.641 bits per heavy atom. The van der Waals surface area contributed by atoms with Crippen LogP contribution in [0.25, 0.3) is 0 Å². The molecule has 145 heavy (non-hydrogen) atoms. The normalized spacial score (nSPS) is 12.0. The second kappa shape index (κ2) is 75.7. The highest BCUT2D eigenvalue weighted by atomic mass is 28.4. The van der Waals surface area contributed by atoms with E-state index >= 15 is 0 Å². The van der Waals surface area contributed by atoms with E-state index in [0.717, 1.165) is 130 Å². The van der Waals surface area contributed by atoms with E-state index in [1.165, 1.54) is 337 Å². The molecule has 0 heterocycles. The lowest BCUT2D eigenvalue weighted by Gasteiger charge is -2.45. The van der Waals surface area contributed by atoms with Crippen molar-refractivity contribution in [2.75, 3.05) is 46.6 Å². The zero-order valence-electron chi connectivity index (χ0n) is 94.9. The van der Waals surface area contributed by atoms with Crippen LogP contribution < -0.4 is 59.8 Å². The quantitative estimate of drug-likeness (QED) is 0.0218. The maximum absolute atomic E-state index is 7.66. The van der Waals surface area contributed by atoms with E-state index in [1.807, 2.05) is 12.1 Å². The molecule has 9 aromatic carbocycles. The fraction of sp³-hybridized carbons (Fsp3) is 0.594. The van der Waals surface area contributed by atoms with Crippen molar-refractivity contribution in [2.45, 2.75) is 467 Å². The minimum absolute atomic E-state index is 0.0203. The molecule has 1 atom stereocenters. The van der Waals surface area contributed by atoms with Gasteiger partial charge in [0.15, 0.2) is 17.8 Å². The summed E-state index contributed by atoms with van der Waals surface area (Å²) in [5, 5.41) is 12.2. The number of hydrogen-bond donors (Lipinski definition) is 2.